The first-order chi connectivity index (χ1) is 8.60. The van der Waals surface area contributed by atoms with Crippen LogP contribution in [-0.2, 0) is 4.74 Å². The minimum absolute atomic E-state index is 0.0874. The molecule has 2 rings (SSSR count). The highest BCUT2D eigenvalue weighted by atomic mass is 16.5. The fourth-order valence-corrected chi connectivity index (χ4v) is 3.62. The second-order valence-electron chi connectivity index (χ2n) is 6.24. The van der Waals surface area contributed by atoms with Gasteiger partial charge in [-0.05, 0) is 39.7 Å². The molecular weight excluding hydrogens is 226 g/mol. The van der Waals surface area contributed by atoms with Crippen LogP contribution < -0.4 is 5.73 Å². The zero-order valence-electron chi connectivity index (χ0n) is 12.2. The Morgan fingerprint density at radius 3 is 2.83 bits per heavy atom. The maximum atomic E-state index is 6.07. The van der Waals surface area contributed by atoms with Crippen molar-refractivity contribution in [1.29, 1.82) is 0 Å². The summed E-state index contributed by atoms with van der Waals surface area (Å²) in [7, 11) is 1.77. The predicted molar refractivity (Wildman–Crippen MR) is 74.7 cm³/mol. The molecule has 2 saturated heterocycles. The van der Waals surface area contributed by atoms with E-state index in [0.29, 0.717) is 12.6 Å². The molecule has 0 aromatic rings. The summed E-state index contributed by atoms with van der Waals surface area (Å²) in [4.78, 5) is 5.30. The van der Waals surface area contributed by atoms with Gasteiger partial charge in [0.2, 0.25) is 0 Å². The van der Waals surface area contributed by atoms with Crippen molar-refractivity contribution in [2.24, 2.45) is 5.73 Å². The highest BCUT2D eigenvalue weighted by Crippen LogP contribution is 2.30. The van der Waals surface area contributed by atoms with Crippen molar-refractivity contribution in [3.05, 3.63) is 0 Å². The van der Waals surface area contributed by atoms with Crippen molar-refractivity contribution in [3.8, 4) is 0 Å². The van der Waals surface area contributed by atoms with E-state index in [-0.39, 0.29) is 5.54 Å². The number of hydrogen-bond acceptors (Lipinski definition) is 4. The predicted octanol–water partition coefficient (Wildman–Crippen LogP) is 0.909. The summed E-state index contributed by atoms with van der Waals surface area (Å²) in [6.07, 6.45) is 3.74. The van der Waals surface area contributed by atoms with E-state index in [2.05, 4.69) is 23.6 Å². The van der Waals surface area contributed by atoms with Gasteiger partial charge in [0.05, 0.1) is 0 Å². The summed E-state index contributed by atoms with van der Waals surface area (Å²) >= 11 is 0. The largest absolute Gasteiger partial charge is 0.385 e. The summed E-state index contributed by atoms with van der Waals surface area (Å²) in [6.45, 7) is 9.83. The first kappa shape index (κ1) is 14.3. The van der Waals surface area contributed by atoms with Crippen molar-refractivity contribution < 1.29 is 4.74 Å². The molecule has 4 heteroatoms. The van der Waals surface area contributed by atoms with Crippen molar-refractivity contribution in [1.82, 2.24) is 9.80 Å². The van der Waals surface area contributed by atoms with E-state index in [1.165, 1.54) is 32.5 Å². The Morgan fingerprint density at radius 2 is 2.17 bits per heavy atom. The normalized spacial score (nSPS) is 33.3. The third-order valence-corrected chi connectivity index (χ3v) is 4.92. The molecule has 2 N–H and O–H groups in total. The van der Waals surface area contributed by atoms with Crippen LogP contribution in [0.4, 0.5) is 0 Å². The van der Waals surface area contributed by atoms with Crippen LogP contribution in [0.15, 0.2) is 0 Å². The second-order valence-corrected chi connectivity index (χ2v) is 6.24. The van der Waals surface area contributed by atoms with Crippen LogP contribution in [0, 0.1) is 0 Å². The Labute approximate surface area is 111 Å². The van der Waals surface area contributed by atoms with Gasteiger partial charge in [-0.1, -0.05) is 0 Å². The second kappa shape index (κ2) is 5.87. The first-order valence-corrected chi connectivity index (χ1v) is 7.30. The third-order valence-electron chi connectivity index (χ3n) is 4.92. The van der Waals surface area contributed by atoms with E-state index in [4.69, 9.17) is 10.5 Å². The molecule has 4 nitrogen and oxygen atoms in total. The summed E-state index contributed by atoms with van der Waals surface area (Å²) in [5.41, 5.74) is 6.15. The van der Waals surface area contributed by atoms with Crippen LogP contribution in [0.3, 0.4) is 0 Å². The summed E-state index contributed by atoms with van der Waals surface area (Å²) in [6, 6.07) is 1.36. The van der Waals surface area contributed by atoms with Gasteiger partial charge in [-0.2, -0.15) is 0 Å². The van der Waals surface area contributed by atoms with E-state index in [9.17, 15) is 0 Å². The van der Waals surface area contributed by atoms with E-state index in [1.54, 1.807) is 7.11 Å². The van der Waals surface area contributed by atoms with Gasteiger partial charge in [-0.3, -0.25) is 9.80 Å². The maximum Gasteiger partial charge on any atom is 0.0480 e. The molecule has 106 valence electrons. The molecule has 3 atom stereocenters. The molecule has 0 aromatic carbocycles. The lowest BCUT2D eigenvalue weighted by Gasteiger charge is -2.51. The fourth-order valence-electron chi connectivity index (χ4n) is 3.62. The first-order valence-electron chi connectivity index (χ1n) is 7.30. The highest BCUT2D eigenvalue weighted by Gasteiger charge is 2.41. The molecule has 0 bridgehead atoms. The summed E-state index contributed by atoms with van der Waals surface area (Å²) < 4.78 is 5.26. The zero-order chi connectivity index (χ0) is 13.2. The van der Waals surface area contributed by atoms with E-state index < -0.39 is 0 Å². The van der Waals surface area contributed by atoms with Gasteiger partial charge in [0.25, 0.3) is 0 Å². The lowest BCUT2D eigenvalue weighted by molar-refractivity contribution is -0.0249. The fraction of sp³-hybridized carbons (Fsp3) is 1.00. The number of piperazine rings is 1. The standard InChI is InChI=1S/C14H29N3O/c1-12-9-16-7-4-5-13(16)10-17(12)14(2,11-15)6-8-18-3/h12-13H,4-11,15H2,1-3H3. The Kier molecular flexibility index (Phi) is 4.64. The number of hydrogen-bond donors (Lipinski definition) is 1. The molecule has 0 saturated carbocycles. The van der Waals surface area contributed by atoms with E-state index in [1.807, 2.05) is 0 Å². The van der Waals surface area contributed by atoms with Crippen LogP contribution in [0.5, 0.6) is 0 Å². The summed E-state index contributed by atoms with van der Waals surface area (Å²) in [5, 5.41) is 0. The Balaban J connectivity index is 2.04. The number of fused-ring (bicyclic) bond motifs is 1. The number of ether oxygens (including phenoxy) is 1. The minimum atomic E-state index is 0.0874. The zero-order valence-corrected chi connectivity index (χ0v) is 12.2. The van der Waals surface area contributed by atoms with Gasteiger partial charge >= 0.3 is 0 Å². The quantitative estimate of drug-likeness (QED) is 0.793. The number of rotatable bonds is 5. The van der Waals surface area contributed by atoms with Gasteiger partial charge < -0.3 is 10.5 Å². The van der Waals surface area contributed by atoms with E-state index >= 15 is 0 Å². The molecule has 3 unspecified atom stereocenters. The average molecular weight is 255 g/mol. The van der Waals surface area contributed by atoms with Gasteiger partial charge in [0.1, 0.15) is 0 Å². The molecule has 0 radical (unpaired) electrons. The van der Waals surface area contributed by atoms with Gasteiger partial charge in [-0.25, -0.2) is 0 Å². The molecule has 0 aliphatic carbocycles. The number of nitrogens with two attached hydrogens (primary N) is 1. The molecule has 18 heavy (non-hydrogen) atoms. The smallest absolute Gasteiger partial charge is 0.0480 e. The average Bonchev–Trinajstić information content (AvgIpc) is 2.82. The lowest BCUT2D eigenvalue weighted by atomic mass is 9.91. The Hall–Kier alpha value is -0.160. The number of methoxy groups -OCH3 is 1. The van der Waals surface area contributed by atoms with Crippen LogP contribution in [0.2, 0.25) is 0 Å². The monoisotopic (exact) mass is 255 g/mol. The molecule has 0 aromatic heterocycles. The van der Waals surface area contributed by atoms with Crippen LogP contribution in [0.1, 0.15) is 33.1 Å². The molecule has 2 aliphatic rings. The van der Waals surface area contributed by atoms with Crippen molar-refractivity contribution in [3.63, 3.8) is 0 Å². The molecule has 0 spiro atoms. The van der Waals surface area contributed by atoms with Crippen molar-refractivity contribution in [2.45, 2.75) is 50.7 Å². The van der Waals surface area contributed by atoms with Crippen LogP contribution >= 0.6 is 0 Å². The molecule has 2 heterocycles. The topological polar surface area (TPSA) is 41.7 Å². The van der Waals surface area contributed by atoms with Crippen LogP contribution in [-0.4, -0.2) is 67.3 Å². The lowest BCUT2D eigenvalue weighted by Crippen LogP contribution is -2.64. The Bertz CT molecular complexity index is 274. The van der Waals surface area contributed by atoms with Gasteiger partial charge in [-0.15, -0.1) is 0 Å². The third kappa shape index (κ3) is 2.72. The van der Waals surface area contributed by atoms with Crippen molar-refractivity contribution >= 4 is 0 Å². The highest BCUT2D eigenvalue weighted by molar-refractivity contribution is 4.98. The number of nitrogens with zero attached hydrogens (tertiary/aromatic N) is 2. The molecule has 2 aliphatic heterocycles. The van der Waals surface area contributed by atoms with Gasteiger partial charge in [0.15, 0.2) is 0 Å². The Morgan fingerprint density at radius 1 is 1.39 bits per heavy atom. The minimum Gasteiger partial charge on any atom is -0.385 e. The molecule has 0 amide bonds. The molecular formula is C14H29N3O. The van der Waals surface area contributed by atoms with Gasteiger partial charge in [0, 0.05) is 51.0 Å². The molecule has 2 fully saturated rings. The van der Waals surface area contributed by atoms with E-state index in [0.717, 1.165) is 19.1 Å². The summed E-state index contributed by atoms with van der Waals surface area (Å²) in [5.74, 6) is 0. The maximum absolute atomic E-state index is 6.07. The van der Waals surface area contributed by atoms with Crippen molar-refractivity contribution in [2.75, 3.05) is 39.9 Å². The van der Waals surface area contributed by atoms with Crippen LogP contribution in [0.25, 0.3) is 0 Å². The SMILES string of the molecule is COCCC(C)(CN)N1CC2CCCN2CC1C.